The van der Waals surface area contributed by atoms with Gasteiger partial charge in [0.1, 0.15) is 17.1 Å². The SMILES string of the molecule is Cc1cc(-n2c(N3CCN([C@H](C)c4ccccc4)C3=O)nc3c(c2=O)CCN(C(=O)c2cc4cc(C5CCOCC5)ccc4n2[C@@]2(c4noc(=O)[nH]4)C[C@H]2C)[C@H]3C)cc(C)c1F. The molecule has 1 aliphatic carbocycles. The third kappa shape index (κ3) is 6.22. The highest BCUT2D eigenvalue weighted by Gasteiger charge is 2.59. The van der Waals surface area contributed by atoms with Gasteiger partial charge in [-0.05, 0) is 118 Å². The second kappa shape index (κ2) is 14.9. The lowest BCUT2D eigenvalue weighted by Gasteiger charge is -2.36. The normalized spacial score (nSPS) is 22.1. The summed E-state index contributed by atoms with van der Waals surface area (Å²) in [4.78, 5) is 70.0. The van der Waals surface area contributed by atoms with Gasteiger partial charge in [-0.25, -0.2) is 23.5 Å². The molecular weight excluding hydrogens is 792 g/mol. The molecule has 0 spiro atoms. The maximum atomic E-state index is 15.3. The lowest BCUT2D eigenvalue weighted by atomic mass is 9.91. The summed E-state index contributed by atoms with van der Waals surface area (Å²) in [7, 11) is 0. The van der Waals surface area contributed by atoms with Crippen molar-refractivity contribution in [1.82, 2.24) is 34.1 Å². The van der Waals surface area contributed by atoms with Crippen molar-refractivity contribution in [3.63, 3.8) is 0 Å². The number of hydrogen-bond donors (Lipinski definition) is 1. The fourth-order valence-corrected chi connectivity index (χ4v) is 10.3. The van der Waals surface area contributed by atoms with E-state index in [9.17, 15) is 14.4 Å². The number of nitrogens with one attached hydrogen (secondary N) is 1. The van der Waals surface area contributed by atoms with E-state index in [1.165, 1.54) is 15.0 Å². The van der Waals surface area contributed by atoms with Crippen LogP contribution in [-0.2, 0) is 16.7 Å². The van der Waals surface area contributed by atoms with Gasteiger partial charge in [0, 0.05) is 49.3 Å². The number of ether oxygens (including phenoxy) is 1. The van der Waals surface area contributed by atoms with Crippen molar-refractivity contribution in [2.24, 2.45) is 5.92 Å². The molecule has 2 saturated heterocycles. The van der Waals surface area contributed by atoms with Gasteiger partial charge in [0.15, 0.2) is 5.82 Å². The molecular formula is C47H49FN8O6. The Balaban J connectivity index is 1.08. The number of fused-ring (bicyclic) bond motifs is 2. The second-order valence-corrected chi connectivity index (χ2v) is 17.5. The molecule has 320 valence electrons. The monoisotopic (exact) mass is 840 g/mol. The summed E-state index contributed by atoms with van der Waals surface area (Å²) >= 11 is 0. The van der Waals surface area contributed by atoms with E-state index < -0.39 is 17.3 Å². The Bertz CT molecular complexity index is 2870. The highest BCUT2D eigenvalue weighted by atomic mass is 19.1. The van der Waals surface area contributed by atoms with E-state index in [0.717, 1.165) is 29.3 Å². The van der Waals surface area contributed by atoms with Gasteiger partial charge in [-0.1, -0.05) is 48.5 Å². The number of H-pyrrole nitrogens is 1. The standard InChI is InChI=1S/C47H49FN8O6/c1-26-21-35(22-27(2)39(26)48)55-41(57)36-13-16-52(30(5)40(36)49-44(55)54-18-17-53(46(54)60)29(4)31-9-7-6-8-10-31)42(58)38-24-34-23-33(32-14-19-61-20-15-32)11-12-37(34)56(38)47(25-28(47)3)43-50-45(59)62-51-43/h6-12,21-24,28-30,32H,13-20,25H2,1-5H3,(H,50,51,59)/t28-,29-,30+,47+/m1/s1. The molecule has 3 fully saturated rings. The summed E-state index contributed by atoms with van der Waals surface area (Å²) in [6, 6.07) is 20.0. The molecule has 0 radical (unpaired) electrons. The predicted octanol–water partition coefficient (Wildman–Crippen LogP) is 7.06. The lowest BCUT2D eigenvalue weighted by Crippen LogP contribution is -2.45. The first kappa shape index (κ1) is 39.8. The number of carbonyl (C=O) groups is 2. The molecule has 15 heteroatoms. The molecule has 6 aromatic rings. The van der Waals surface area contributed by atoms with Crippen molar-refractivity contribution >= 4 is 28.8 Å². The number of hydrogen-bond acceptors (Lipinski definition) is 8. The molecule has 1 N–H and O–H groups in total. The van der Waals surface area contributed by atoms with E-state index >= 15 is 9.18 Å². The van der Waals surface area contributed by atoms with Crippen LogP contribution in [0, 0.1) is 25.6 Å². The molecule has 14 nitrogen and oxygen atoms in total. The Labute approximate surface area is 356 Å². The number of urea groups is 1. The van der Waals surface area contributed by atoms with E-state index in [1.807, 2.05) is 54.8 Å². The van der Waals surface area contributed by atoms with Crippen molar-refractivity contribution in [2.75, 3.05) is 37.7 Å². The van der Waals surface area contributed by atoms with Crippen LogP contribution in [0.1, 0.15) is 108 Å². The summed E-state index contributed by atoms with van der Waals surface area (Å²) in [5.74, 6) is -0.486. The molecule has 10 rings (SSSR count). The number of amides is 3. The van der Waals surface area contributed by atoms with Crippen molar-refractivity contribution in [3.05, 3.63) is 138 Å². The van der Waals surface area contributed by atoms with E-state index in [2.05, 4.69) is 35.3 Å². The van der Waals surface area contributed by atoms with E-state index in [4.69, 9.17) is 14.2 Å². The number of aromatic amines is 1. The molecule has 3 aromatic carbocycles. The summed E-state index contributed by atoms with van der Waals surface area (Å²) in [5, 5.41) is 5.04. The Morgan fingerprint density at radius 2 is 1.68 bits per heavy atom. The highest BCUT2D eigenvalue weighted by Crippen LogP contribution is 2.56. The number of anilines is 1. The molecule has 3 aromatic heterocycles. The number of rotatable bonds is 8. The van der Waals surface area contributed by atoms with E-state index in [0.29, 0.717) is 71.7 Å². The third-order valence-electron chi connectivity index (χ3n) is 13.9. The zero-order valence-electron chi connectivity index (χ0n) is 35.5. The molecule has 6 heterocycles. The van der Waals surface area contributed by atoms with Crippen molar-refractivity contribution in [1.29, 1.82) is 0 Å². The fraction of sp³-hybridized carbons (Fsp3) is 0.404. The van der Waals surface area contributed by atoms with Crippen molar-refractivity contribution in [3.8, 4) is 5.69 Å². The molecule has 62 heavy (non-hydrogen) atoms. The third-order valence-corrected chi connectivity index (χ3v) is 13.9. The van der Waals surface area contributed by atoms with Crippen LogP contribution in [0.2, 0.25) is 0 Å². The van der Waals surface area contributed by atoms with Gasteiger partial charge in [-0.3, -0.25) is 24.0 Å². The number of aryl methyl sites for hydroxylation is 2. The Morgan fingerprint density at radius 1 is 0.952 bits per heavy atom. The van der Waals surface area contributed by atoms with Crippen LogP contribution in [0.3, 0.4) is 0 Å². The number of nitrogens with zero attached hydrogens (tertiary/aromatic N) is 7. The summed E-state index contributed by atoms with van der Waals surface area (Å²) in [6.45, 7) is 11.5. The first-order valence-electron chi connectivity index (χ1n) is 21.5. The quantitative estimate of drug-likeness (QED) is 0.171. The summed E-state index contributed by atoms with van der Waals surface area (Å²) < 4.78 is 29.1. The van der Waals surface area contributed by atoms with Crippen molar-refractivity contribution in [2.45, 2.75) is 83.8 Å². The smallest absolute Gasteiger partial charge is 0.381 e. The maximum absolute atomic E-state index is 15.3. The molecule has 0 bridgehead atoms. The van der Waals surface area contributed by atoms with Crippen molar-refractivity contribution < 1.29 is 23.2 Å². The Kier molecular flexibility index (Phi) is 9.57. The highest BCUT2D eigenvalue weighted by molar-refractivity contribution is 6.00. The van der Waals surface area contributed by atoms with E-state index in [-0.39, 0.29) is 60.7 Å². The predicted molar refractivity (Wildman–Crippen MR) is 229 cm³/mol. The summed E-state index contributed by atoms with van der Waals surface area (Å²) in [6.07, 6.45) is 2.65. The van der Waals surface area contributed by atoms with Gasteiger partial charge in [-0.15, -0.1) is 0 Å². The topological polar surface area (TPSA) is 152 Å². The Morgan fingerprint density at radius 3 is 2.35 bits per heavy atom. The molecule has 0 unspecified atom stereocenters. The number of halogens is 1. The largest absolute Gasteiger partial charge is 0.438 e. The van der Waals surface area contributed by atoms with Crippen LogP contribution >= 0.6 is 0 Å². The summed E-state index contributed by atoms with van der Waals surface area (Å²) in [5.41, 5.74) is 4.16. The zero-order chi connectivity index (χ0) is 43.2. The van der Waals surface area contributed by atoms with Crippen LogP contribution in [0.25, 0.3) is 16.6 Å². The van der Waals surface area contributed by atoms with Gasteiger partial charge >= 0.3 is 11.8 Å². The zero-order valence-corrected chi connectivity index (χ0v) is 35.5. The fourth-order valence-electron chi connectivity index (χ4n) is 10.3. The lowest BCUT2D eigenvalue weighted by molar-refractivity contribution is 0.0658. The minimum atomic E-state index is -0.834. The minimum Gasteiger partial charge on any atom is -0.381 e. The van der Waals surface area contributed by atoms with Gasteiger partial charge in [0.25, 0.3) is 11.5 Å². The van der Waals surface area contributed by atoms with Gasteiger partial charge in [0.05, 0.1) is 23.5 Å². The average Bonchev–Trinajstić information content (AvgIpc) is 3.60. The second-order valence-electron chi connectivity index (χ2n) is 17.5. The molecule has 1 saturated carbocycles. The Hall–Kier alpha value is -6.35. The van der Waals surface area contributed by atoms with Crippen LogP contribution in [-0.4, -0.2) is 78.8 Å². The van der Waals surface area contributed by atoms with Crippen LogP contribution in [0.15, 0.2) is 80.8 Å². The van der Waals surface area contributed by atoms with E-state index in [1.54, 1.807) is 35.8 Å². The van der Waals surface area contributed by atoms with Crippen LogP contribution in [0.4, 0.5) is 15.1 Å². The molecule has 4 atom stereocenters. The first-order chi connectivity index (χ1) is 29.9. The average molecular weight is 841 g/mol. The van der Waals surface area contributed by atoms with Gasteiger partial charge in [0.2, 0.25) is 5.95 Å². The first-order valence-corrected chi connectivity index (χ1v) is 21.5. The number of benzene rings is 3. The maximum Gasteiger partial charge on any atom is 0.438 e. The molecule has 4 aliphatic rings. The number of carbonyl (C=O) groups excluding carboxylic acids is 2. The minimum absolute atomic E-state index is 0.0173. The van der Waals surface area contributed by atoms with Gasteiger partial charge in [-0.2, -0.15) is 0 Å². The van der Waals surface area contributed by atoms with Gasteiger partial charge < -0.3 is 19.1 Å². The molecule has 3 amide bonds. The van der Waals surface area contributed by atoms with Crippen LogP contribution < -0.4 is 16.2 Å². The number of aromatic nitrogens is 5. The van der Waals surface area contributed by atoms with Crippen LogP contribution in [0.5, 0.6) is 0 Å². The molecule has 3 aliphatic heterocycles.